The highest BCUT2D eigenvalue weighted by Gasteiger charge is 2.56. The van der Waals surface area contributed by atoms with E-state index >= 15 is 0 Å². The van der Waals surface area contributed by atoms with Crippen molar-refractivity contribution in [3.05, 3.63) is 104 Å². The second-order valence-electron chi connectivity index (χ2n) is 11.6. The van der Waals surface area contributed by atoms with E-state index in [1.54, 1.807) is 6.92 Å². The number of rotatable bonds is 8. The van der Waals surface area contributed by atoms with E-state index in [9.17, 15) is 37.1 Å². The Bertz CT molecular complexity index is 2010. The van der Waals surface area contributed by atoms with Gasteiger partial charge in [0.2, 0.25) is 17.7 Å². The molecule has 0 radical (unpaired) electrons. The number of halogens is 3. The van der Waals surface area contributed by atoms with Crippen molar-refractivity contribution in [3.63, 3.8) is 0 Å². The fraction of sp³-hybridized carbons (Fsp3) is 0.265. The Morgan fingerprint density at radius 3 is 2.29 bits per heavy atom. The second-order valence-corrected chi connectivity index (χ2v) is 13.7. The van der Waals surface area contributed by atoms with E-state index in [-0.39, 0.29) is 23.5 Å². The van der Waals surface area contributed by atoms with Gasteiger partial charge < -0.3 is 15.0 Å². The normalized spacial score (nSPS) is 18.6. The van der Waals surface area contributed by atoms with Gasteiger partial charge in [0.1, 0.15) is 11.8 Å². The van der Waals surface area contributed by atoms with Crippen LogP contribution in [0.4, 0.5) is 30.2 Å². The lowest BCUT2D eigenvalue weighted by Gasteiger charge is -2.31. The lowest BCUT2D eigenvalue weighted by atomic mass is 9.83. The molecule has 3 aromatic carbocycles. The molecule has 1 saturated heterocycles. The number of hydrogen-bond acceptors (Lipinski definition) is 9. The summed E-state index contributed by atoms with van der Waals surface area (Å²) in [6.45, 7) is 1.33. The highest BCUT2D eigenvalue weighted by atomic mass is 32.2. The van der Waals surface area contributed by atoms with E-state index in [0.717, 1.165) is 51.9 Å². The number of carbonyl (C=O) groups excluding carboxylic acids is 4. The Kier molecular flexibility index (Phi) is 9.15. The number of nitrogens with one attached hydrogen (secondary N) is 1. The van der Waals surface area contributed by atoms with E-state index in [1.165, 1.54) is 34.9 Å². The fourth-order valence-corrected chi connectivity index (χ4v) is 8.70. The Hall–Kier alpha value is -4.89. The van der Waals surface area contributed by atoms with Gasteiger partial charge in [0.25, 0.3) is 0 Å². The Balaban J connectivity index is 1.36. The molecule has 3 amide bonds. The highest BCUT2D eigenvalue weighted by Crippen LogP contribution is 2.54. The summed E-state index contributed by atoms with van der Waals surface area (Å²) in [5.74, 6) is -3.91. The third kappa shape index (κ3) is 6.47. The van der Waals surface area contributed by atoms with Crippen molar-refractivity contribution in [3.8, 4) is 0 Å². The van der Waals surface area contributed by atoms with E-state index in [4.69, 9.17) is 4.74 Å². The quantitative estimate of drug-likeness (QED) is 0.186. The number of imide groups is 1. The summed E-state index contributed by atoms with van der Waals surface area (Å²) in [6.07, 6.45) is -4.61. The van der Waals surface area contributed by atoms with Gasteiger partial charge in [-0.3, -0.25) is 23.7 Å². The van der Waals surface area contributed by atoms with Crippen molar-refractivity contribution in [1.29, 1.82) is 0 Å². The van der Waals surface area contributed by atoms with Crippen LogP contribution < -0.4 is 20.0 Å². The lowest BCUT2D eigenvalue weighted by molar-refractivity contribution is -0.137. The molecular weight excluding hydrogens is 682 g/mol. The maximum absolute atomic E-state index is 14.2. The molecule has 254 valence electrons. The third-order valence-corrected chi connectivity index (χ3v) is 10.8. The fourth-order valence-electron chi connectivity index (χ4n) is 5.93. The molecule has 2 aliphatic rings. The molecule has 15 heteroatoms. The average Bonchev–Trinajstić information content (AvgIpc) is 3.50. The van der Waals surface area contributed by atoms with Gasteiger partial charge in [-0.2, -0.15) is 13.2 Å². The van der Waals surface area contributed by atoms with Crippen LogP contribution in [0.2, 0.25) is 0 Å². The number of nitrogens with zero attached hydrogens (tertiary/aromatic N) is 3. The van der Waals surface area contributed by atoms with Crippen molar-refractivity contribution in [2.24, 2.45) is 5.92 Å². The summed E-state index contributed by atoms with van der Waals surface area (Å²) < 4.78 is 45.9. The topological polar surface area (TPSA) is 118 Å². The Morgan fingerprint density at radius 2 is 1.65 bits per heavy atom. The van der Waals surface area contributed by atoms with Gasteiger partial charge in [0, 0.05) is 36.3 Å². The zero-order valence-corrected chi connectivity index (χ0v) is 27.9. The van der Waals surface area contributed by atoms with E-state index in [0.29, 0.717) is 15.5 Å². The first-order valence-corrected chi connectivity index (χ1v) is 16.8. The number of benzene rings is 3. The molecule has 4 aromatic rings. The van der Waals surface area contributed by atoms with Crippen LogP contribution in [0.1, 0.15) is 39.2 Å². The second kappa shape index (κ2) is 13.2. The van der Waals surface area contributed by atoms with Crippen LogP contribution in [0.3, 0.4) is 0 Å². The zero-order chi connectivity index (χ0) is 35.2. The number of fused-ring (bicyclic) bond motifs is 2. The highest BCUT2D eigenvalue weighted by molar-refractivity contribution is 8.00. The number of alkyl halides is 3. The summed E-state index contributed by atoms with van der Waals surface area (Å²) in [5.41, 5.74) is 1.06. The first-order chi connectivity index (χ1) is 23.3. The molecule has 49 heavy (non-hydrogen) atoms. The SMILES string of the molecule is CCOC(=O)c1ccc(N2C(=O)C3Sc4c(sc(=O)n4CC(=O)Nc4cccc(C(F)(F)F)c4)C(c4ccc(N(C)C)cc4)C3C2=O)cc1. The molecular formula is C34H29F3N4O6S2. The number of ether oxygens (including phenoxy) is 1. The molecule has 1 fully saturated rings. The van der Waals surface area contributed by atoms with Crippen molar-refractivity contribution >= 4 is 63.9 Å². The molecule has 3 heterocycles. The Morgan fingerprint density at radius 1 is 0.959 bits per heavy atom. The minimum absolute atomic E-state index is 0.0928. The maximum Gasteiger partial charge on any atom is 0.416 e. The van der Waals surface area contributed by atoms with Gasteiger partial charge in [0.15, 0.2) is 0 Å². The molecule has 0 saturated carbocycles. The summed E-state index contributed by atoms with van der Waals surface area (Å²) in [7, 11) is 3.75. The first kappa shape index (κ1) is 34.0. The van der Waals surface area contributed by atoms with Gasteiger partial charge >= 0.3 is 17.0 Å². The number of amides is 3. The van der Waals surface area contributed by atoms with Gasteiger partial charge in [-0.25, -0.2) is 9.69 Å². The largest absolute Gasteiger partial charge is 0.462 e. The van der Waals surface area contributed by atoms with Crippen LogP contribution >= 0.6 is 23.1 Å². The molecule has 3 unspecified atom stereocenters. The Labute approximate surface area is 286 Å². The minimum atomic E-state index is -4.61. The zero-order valence-electron chi connectivity index (χ0n) is 26.3. The average molecular weight is 711 g/mol. The number of thioether (sulfide) groups is 1. The van der Waals surface area contributed by atoms with Crippen LogP contribution in [-0.4, -0.2) is 54.2 Å². The van der Waals surface area contributed by atoms with Gasteiger partial charge in [-0.15, -0.1) is 0 Å². The lowest BCUT2D eigenvalue weighted by Crippen LogP contribution is -2.33. The standard InChI is InChI=1S/C34H29F3N4O6S2/c1-4-47-32(45)19-10-14-23(15-11-19)41-29(43)26-25(18-8-12-22(13-9-18)39(2)3)28-31(48-27(26)30(41)44)40(33(46)49-28)17-24(42)38-21-7-5-6-20(16-21)34(35,36)37/h5-16,25-27H,4,17H2,1-3H3,(H,38,42). The van der Waals surface area contributed by atoms with Crippen LogP contribution in [0.5, 0.6) is 0 Å². The van der Waals surface area contributed by atoms with Crippen LogP contribution in [0.15, 0.2) is 82.6 Å². The van der Waals surface area contributed by atoms with Gasteiger partial charge in [0.05, 0.1) is 34.4 Å². The van der Waals surface area contributed by atoms with E-state index in [2.05, 4.69) is 5.32 Å². The molecule has 0 aliphatic carbocycles. The summed E-state index contributed by atoms with van der Waals surface area (Å²) in [5, 5.41) is 1.80. The molecule has 1 aromatic heterocycles. The predicted octanol–water partition coefficient (Wildman–Crippen LogP) is 5.61. The summed E-state index contributed by atoms with van der Waals surface area (Å²) in [4.78, 5) is 69.9. The monoisotopic (exact) mass is 710 g/mol. The maximum atomic E-state index is 14.2. The van der Waals surface area contributed by atoms with E-state index < -0.39 is 63.9 Å². The smallest absolute Gasteiger partial charge is 0.416 e. The van der Waals surface area contributed by atoms with Crippen molar-refractivity contribution in [2.45, 2.75) is 35.8 Å². The number of thiazole rings is 1. The number of aromatic nitrogens is 1. The third-order valence-electron chi connectivity index (χ3n) is 8.23. The molecule has 3 atom stereocenters. The molecule has 6 rings (SSSR count). The van der Waals surface area contributed by atoms with Gasteiger partial charge in [-0.05, 0) is 67.1 Å². The first-order valence-electron chi connectivity index (χ1n) is 15.1. The number of anilines is 3. The van der Waals surface area contributed by atoms with Crippen LogP contribution in [0, 0.1) is 5.92 Å². The number of hydrogen-bond donors (Lipinski definition) is 1. The molecule has 10 nitrogen and oxygen atoms in total. The molecule has 1 N–H and O–H groups in total. The van der Waals surface area contributed by atoms with Crippen molar-refractivity contribution in [2.75, 3.05) is 35.8 Å². The predicted molar refractivity (Wildman–Crippen MR) is 179 cm³/mol. The van der Waals surface area contributed by atoms with Crippen molar-refractivity contribution < 1.29 is 37.1 Å². The summed E-state index contributed by atoms with van der Waals surface area (Å²) >= 11 is 1.87. The number of esters is 1. The van der Waals surface area contributed by atoms with Gasteiger partial charge in [-0.1, -0.05) is 41.3 Å². The van der Waals surface area contributed by atoms with Crippen LogP contribution in [0.25, 0.3) is 0 Å². The molecule has 0 spiro atoms. The number of carbonyl (C=O) groups is 4. The molecule has 2 aliphatic heterocycles. The van der Waals surface area contributed by atoms with Crippen molar-refractivity contribution in [1.82, 2.24) is 4.57 Å². The molecule has 0 bridgehead atoms. The van der Waals surface area contributed by atoms with Crippen LogP contribution in [-0.2, 0) is 31.8 Å². The van der Waals surface area contributed by atoms with E-state index in [1.807, 2.05) is 43.3 Å². The summed E-state index contributed by atoms with van der Waals surface area (Å²) in [6, 6.07) is 17.5. The minimum Gasteiger partial charge on any atom is -0.462 e.